The third-order valence-electron chi connectivity index (χ3n) is 4.35. The van der Waals surface area contributed by atoms with Crippen molar-refractivity contribution in [3.05, 3.63) is 23.1 Å². The quantitative estimate of drug-likeness (QED) is 0.560. The molecule has 1 aliphatic rings. The van der Waals surface area contributed by atoms with Crippen LogP contribution in [0.25, 0.3) is 20.4 Å². The molecule has 1 aliphatic carbocycles. The predicted molar refractivity (Wildman–Crippen MR) is 97.2 cm³/mol. The summed E-state index contributed by atoms with van der Waals surface area (Å²) in [5.74, 6) is -0.434. The van der Waals surface area contributed by atoms with Crippen LogP contribution in [0.3, 0.4) is 0 Å². The smallest absolute Gasteiger partial charge is 0.313 e. The highest BCUT2D eigenvalue weighted by Crippen LogP contribution is 2.42. The molecule has 0 fully saturated rings. The number of aliphatic carboxylic acids is 1. The first-order chi connectivity index (χ1) is 11.6. The lowest BCUT2D eigenvalue weighted by molar-refractivity contribution is -0.133. The van der Waals surface area contributed by atoms with Crippen molar-refractivity contribution in [3.8, 4) is 0 Å². The topological polar surface area (TPSA) is 76.0 Å². The van der Waals surface area contributed by atoms with Crippen LogP contribution >= 0.6 is 23.1 Å². The normalized spacial score (nSPS) is 14.0. The first-order valence-corrected chi connectivity index (χ1v) is 9.80. The van der Waals surface area contributed by atoms with Crippen LogP contribution in [-0.2, 0) is 17.6 Å². The van der Waals surface area contributed by atoms with Gasteiger partial charge in [-0.3, -0.25) is 4.79 Å². The third kappa shape index (κ3) is 2.46. The van der Waals surface area contributed by atoms with Gasteiger partial charge in [0.05, 0.1) is 16.0 Å². The Balaban J connectivity index is 1.98. The van der Waals surface area contributed by atoms with Crippen molar-refractivity contribution < 1.29 is 9.90 Å². The van der Waals surface area contributed by atoms with Gasteiger partial charge in [-0.15, -0.1) is 11.3 Å². The number of hydrogen-bond acceptors (Lipinski definition) is 6. The molecule has 0 amide bonds. The van der Waals surface area contributed by atoms with Crippen LogP contribution in [-0.4, -0.2) is 31.8 Å². The summed E-state index contributed by atoms with van der Waals surface area (Å²) in [6, 6.07) is 0. The van der Waals surface area contributed by atoms with Crippen molar-refractivity contribution in [2.75, 3.05) is 5.75 Å². The summed E-state index contributed by atoms with van der Waals surface area (Å²) in [4.78, 5) is 25.6. The number of nitrogens with zero attached hydrogens (tertiary/aromatic N) is 3. The van der Waals surface area contributed by atoms with Gasteiger partial charge in [0.2, 0.25) is 0 Å². The highest BCUT2D eigenvalue weighted by molar-refractivity contribution is 8.00. The molecule has 0 radical (unpaired) electrons. The van der Waals surface area contributed by atoms with Gasteiger partial charge in [-0.05, 0) is 36.3 Å². The summed E-state index contributed by atoms with van der Waals surface area (Å²) < 4.78 is 0.959. The van der Waals surface area contributed by atoms with Crippen LogP contribution in [0.4, 0.5) is 0 Å². The number of pyridine rings is 1. The Bertz CT molecular complexity index is 966. The van der Waals surface area contributed by atoms with Gasteiger partial charge in [0.15, 0.2) is 0 Å². The fourth-order valence-corrected chi connectivity index (χ4v) is 5.38. The third-order valence-corrected chi connectivity index (χ3v) is 6.53. The lowest BCUT2D eigenvalue weighted by Crippen LogP contribution is -2.00. The highest BCUT2D eigenvalue weighted by atomic mass is 32.2. The van der Waals surface area contributed by atoms with Gasteiger partial charge < -0.3 is 5.11 Å². The summed E-state index contributed by atoms with van der Waals surface area (Å²) in [7, 11) is 0. The molecule has 0 saturated heterocycles. The number of thioether (sulfide) groups is 1. The molecule has 0 aliphatic heterocycles. The maximum atomic E-state index is 10.9. The summed E-state index contributed by atoms with van der Waals surface area (Å²) >= 11 is 2.84. The molecule has 1 N–H and O–H groups in total. The van der Waals surface area contributed by atoms with Crippen molar-refractivity contribution >= 4 is 49.5 Å². The van der Waals surface area contributed by atoms with Gasteiger partial charge in [0, 0.05) is 11.1 Å². The van der Waals surface area contributed by atoms with E-state index in [1.807, 2.05) is 0 Å². The van der Waals surface area contributed by atoms with Gasteiger partial charge >= 0.3 is 5.97 Å². The van der Waals surface area contributed by atoms with E-state index in [1.165, 1.54) is 41.3 Å². The van der Waals surface area contributed by atoms with E-state index in [4.69, 9.17) is 10.1 Å². The molecule has 24 heavy (non-hydrogen) atoms. The van der Waals surface area contributed by atoms with Gasteiger partial charge in [-0.25, -0.2) is 15.0 Å². The molecule has 4 rings (SSSR count). The van der Waals surface area contributed by atoms with E-state index < -0.39 is 5.97 Å². The second-order valence-corrected chi connectivity index (χ2v) is 8.25. The van der Waals surface area contributed by atoms with E-state index in [9.17, 15) is 4.79 Å². The van der Waals surface area contributed by atoms with E-state index in [0.29, 0.717) is 5.92 Å². The minimum absolute atomic E-state index is 0.00311. The van der Waals surface area contributed by atoms with E-state index in [-0.39, 0.29) is 5.75 Å². The molecule has 124 valence electrons. The van der Waals surface area contributed by atoms with Crippen molar-refractivity contribution in [1.82, 2.24) is 15.0 Å². The molecule has 0 unspecified atom stereocenters. The monoisotopic (exact) mass is 359 g/mol. The Labute approximate surface area is 147 Å². The molecule has 0 aromatic carbocycles. The number of aryl methyl sites for hydroxylation is 1. The Hall–Kier alpha value is -1.73. The summed E-state index contributed by atoms with van der Waals surface area (Å²) in [6.07, 6.45) is 4.87. The van der Waals surface area contributed by atoms with Gasteiger partial charge in [0.1, 0.15) is 16.2 Å². The van der Waals surface area contributed by atoms with Crippen LogP contribution in [0.1, 0.15) is 43.0 Å². The average molecular weight is 359 g/mol. The molecule has 0 atom stereocenters. The zero-order valence-electron chi connectivity index (χ0n) is 13.5. The van der Waals surface area contributed by atoms with Crippen LogP contribution in [0.2, 0.25) is 0 Å². The maximum Gasteiger partial charge on any atom is 0.313 e. The van der Waals surface area contributed by atoms with Gasteiger partial charge in [-0.1, -0.05) is 25.6 Å². The number of hydrogen-bond donors (Lipinski definition) is 1. The lowest BCUT2D eigenvalue weighted by Gasteiger charge is -2.11. The van der Waals surface area contributed by atoms with Gasteiger partial charge in [0.25, 0.3) is 0 Å². The van der Waals surface area contributed by atoms with Crippen LogP contribution in [0.5, 0.6) is 0 Å². The first-order valence-electron chi connectivity index (χ1n) is 7.99. The second-order valence-electron chi connectivity index (χ2n) is 6.28. The summed E-state index contributed by atoms with van der Waals surface area (Å²) in [5, 5.41) is 10.8. The number of fused-ring (bicyclic) bond motifs is 5. The maximum absolute atomic E-state index is 10.9. The van der Waals surface area contributed by atoms with Crippen molar-refractivity contribution in [2.45, 2.75) is 44.1 Å². The predicted octanol–water partition coefficient (Wildman–Crippen LogP) is 4.03. The first kappa shape index (κ1) is 15.8. The lowest BCUT2D eigenvalue weighted by atomic mass is 9.99. The van der Waals surface area contributed by atoms with Crippen LogP contribution in [0.15, 0.2) is 11.4 Å². The molecule has 7 heteroatoms. The van der Waals surface area contributed by atoms with Crippen molar-refractivity contribution in [1.29, 1.82) is 0 Å². The Morgan fingerprint density at radius 3 is 2.88 bits per heavy atom. The van der Waals surface area contributed by atoms with Crippen LogP contribution in [0, 0.1) is 0 Å². The number of rotatable bonds is 4. The molecule has 5 nitrogen and oxygen atoms in total. The molecule has 3 aromatic heterocycles. The largest absolute Gasteiger partial charge is 0.481 e. The number of carboxylic acids is 1. The molecule has 0 bridgehead atoms. The number of aromatic nitrogens is 3. The molecule has 3 aromatic rings. The Morgan fingerprint density at radius 1 is 1.33 bits per heavy atom. The van der Waals surface area contributed by atoms with Crippen molar-refractivity contribution in [3.63, 3.8) is 0 Å². The Morgan fingerprint density at radius 2 is 2.12 bits per heavy atom. The van der Waals surface area contributed by atoms with E-state index in [2.05, 4.69) is 23.8 Å². The highest BCUT2D eigenvalue weighted by Gasteiger charge is 2.25. The molecular weight excluding hydrogens is 342 g/mol. The van der Waals surface area contributed by atoms with E-state index in [0.717, 1.165) is 38.3 Å². The molecule has 3 heterocycles. The molecule has 0 saturated carbocycles. The fourth-order valence-electron chi connectivity index (χ4n) is 3.42. The Kier molecular flexibility index (Phi) is 3.92. The standard InChI is InChI=1S/C17H17N3O2S2/c1-8(2)13-10-5-3-4-9(10)12-14-15(24-16(12)20-13)17(19-7-18-14)23-6-11(21)22/h7-8H,3-6H2,1-2H3,(H,21,22). The zero-order valence-corrected chi connectivity index (χ0v) is 15.1. The van der Waals surface area contributed by atoms with E-state index >= 15 is 0 Å². The minimum atomic E-state index is -0.839. The number of thiophene rings is 1. The average Bonchev–Trinajstić information content (AvgIpc) is 3.15. The zero-order chi connectivity index (χ0) is 16.8. The van der Waals surface area contributed by atoms with E-state index in [1.54, 1.807) is 11.3 Å². The van der Waals surface area contributed by atoms with Crippen LogP contribution < -0.4 is 0 Å². The summed E-state index contributed by atoms with van der Waals surface area (Å²) in [6.45, 7) is 4.38. The fraction of sp³-hybridized carbons (Fsp3) is 0.412. The van der Waals surface area contributed by atoms with Gasteiger partial charge in [-0.2, -0.15) is 0 Å². The SMILES string of the molecule is CC(C)c1nc2sc3c(SCC(=O)O)ncnc3c2c2c1CCC2. The number of carbonyl (C=O) groups is 1. The summed E-state index contributed by atoms with van der Waals surface area (Å²) in [5.41, 5.74) is 4.92. The molecule has 0 spiro atoms. The van der Waals surface area contributed by atoms with Crippen molar-refractivity contribution in [2.24, 2.45) is 0 Å². The molecular formula is C17H17N3O2S2. The minimum Gasteiger partial charge on any atom is -0.481 e. The number of carboxylic acid groups (broad SMARTS) is 1. The second kappa shape index (κ2) is 5.97.